The molecule has 1 atom stereocenters. The highest BCUT2D eigenvalue weighted by Crippen LogP contribution is 2.23. The van der Waals surface area contributed by atoms with Crippen LogP contribution in [0.25, 0.3) is 0 Å². The second-order valence-corrected chi connectivity index (χ2v) is 5.09. The molecule has 0 aromatic heterocycles. The normalized spacial score (nSPS) is 19.0. The third-order valence-corrected chi connectivity index (χ3v) is 2.85. The van der Waals surface area contributed by atoms with Gasteiger partial charge in [-0.3, -0.25) is 9.59 Å². The zero-order chi connectivity index (χ0) is 16.0. The van der Waals surface area contributed by atoms with Crippen molar-refractivity contribution in [1.29, 1.82) is 0 Å². The summed E-state index contributed by atoms with van der Waals surface area (Å²) in [7, 11) is 0. The summed E-state index contributed by atoms with van der Waals surface area (Å²) in [5.74, 6) is -1.81. The van der Waals surface area contributed by atoms with E-state index < -0.39 is 30.5 Å². The number of nitrogens with one attached hydrogen (secondary N) is 1. The van der Waals surface area contributed by atoms with E-state index in [0.29, 0.717) is 11.5 Å². The smallest absolute Gasteiger partial charge is 0.375 e. The Kier molecular flexibility index (Phi) is 6.19. The van der Waals surface area contributed by atoms with Crippen molar-refractivity contribution >= 4 is 11.8 Å². The van der Waals surface area contributed by atoms with Crippen molar-refractivity contribution in [2.75, 3.05) is 32.8 Å². The summed E-state index contributed by atoms with van der Waals surface area (Å²) in [6.07, 6.45) is -4.63. The van der Waals surface area contributed by atoms with Gasteiger partial charge in [0.25, 0.3) is 0 Å². The molecule has 1 heterocycles. The minimum Gasteiger partial charge on any atom is -0.375 e. The Morgan fingerprint density at radius 3 is 2.76 bits per heavy atom. The summed E-state index contributed by atoms with van der Waals surface area (Å²) >= 11 is 0. The standard InChI is InChI=1S/C13H19F3N2O3/c1-9(2)7-21-4-3-17-12(20)10-5-11(19)18(6-10)8-13(14,15)16/h10H,1,3-8H2,2H3,(H,17,20). The summed E-state index contributed by atoms with van der Waals surface area (Å²) < 4.78 is 41.9. The molecule has 0 aliphatic carbocycles. The van der Waals surface area contributed by atoms with E-state index in [1.807, 2.05) is 0 Å². The molecule has 1 fully saturated rings. The number of carbonyl (C=O) groups excluding carboxylic acids is 2. The molecule has 0 radical (unpaired) electrons. The van der Waals surface area contributed by atoms with Crippen LogP contribution in [0.2, 0.25) is 0 Å². The van der Waals surface area contributed by atoms with Crippen molar-refractivity contribution in [3.05, 3.63) is 12.2 Å². The van der Waals surface area contributed by atoms with E-state index in [9.17, 15) is 22.8 Å². The number of halogens is 3. The average Bonchev–Trinajstić information content (AvgIpc) is 2.67. The lowest BCUT2D eigenvalue weighted by Crippen LogP contribution is -2.37. The fraction of sp³-hybridized carbons (Fsp3) is 0.692. The summed E-state index contributed by atoms with van der Waals surface area (Å²) in [5, 5.41) is 2.55. The van der Waals surface area contributed by atoms with Crippen LogP contribution in [-0.2, 0) is 14.3 Å². The first-order valence-electron chi connectivity index (χ1n) is 6.53. The molecule has 0 aromatic rings. The van der Waals surface area contributed by atoms with Crippen LogP contribution in [0.1, 0.15) is 13.3 Å². The maximum Gasteiger partial charge on any atom is 0.406 e. The lowest BCUT2D eigenvalue weighted by atomic mass is 10.1. The molecule has 0 aromatic carbocycles. The molecular formula is C13H19F3N2O3. The number of nitrogens with zero attached hydrogens (tertiary/aromatic N) is 1. The van der Waals surface area contributed by atoms with Crippen molar-refractivity contribution in [1.82, 2.24) is 10.2 Å². The van der Waals surface area contributed by atoms with Crippen LogP contribution >= 0.6 is 0 Å². The van der Waals surface area contributed by atoms with Crippen LogP contribution in [0.3, 0.4) is 0 Å². The highest BCUT2D eigenvalue weighted by atomic mass is 19.4. The fourth-order valence-corrected chi connectivity index (χ4v) is 1.95. The molecule has 1 N–H and O–H groups in total. The summed E-state index contributed by atoms with van der Waals surface area (Å²) in [6, 6.07) is 0. The molecule has 0 spiro atoms. The molecule has 2 amide bonds. The van der Waals surface area contributed by atoms with Crippen molar-refractivity contribution in [3.8, 4) is 0 Å². The number of rotatable bonds is 7. The van der Waals surface area contributed by atoms with Crippen LogP contribution in [0, 0.1) is 5.92 Å². The number of ether oxygens (including phenoxy) is 1. The van der Waals surface area contributed by atoms with Crippen LogP contribution in [0.15, 0.2) is 12.2 Å². The van der Waals surface area contributed by atoms with E-state index in [4.69, 9.17) is 4.74 Å². The largest absolute Gasteiger partial charge is 0.406 e. The van der Waals surface area contributed by atoms with Gasteiger partial charge in [0.1, 0.15) is 6.54 Å². The predicted octanol–water partition coefficient (Wildman–Crippen LogP) is 1.11. The maximum absolute atomic E-state index is 12.2. The Bertz CT molecular complexity index is 410. The first-order valence-corrected chi connectivity index (χ1v) is 6.53. The van der Waals surface area contributed by atoms with E-state index in [-0.39, 0.29) is 26.1 Å². The third-order valence-electron chi connectivity index (χ3n) is 2.85. The summed E-state index contributed by atoms with van der Waals surface area (Å²) in [6.45, 7) is 4.86. The Hall–Kier alpha value is -1.57. The lowest BCUT2D eigenvalue weighted by molar-refractivity contribution is -0.157. The summed E-state index contributed by atoms with van der Waals surface area (Å²) in [5.41, 5.74) is 0.852. The summed E-state index contributed by atoms with van der Waals surface area (Å²) in [4.78, 5) is 23.9. The molecule has 1 rings (SSSR count). The van der Waals surface area contributed by atoms with Gasteiger partial charge in [0.15, 0.2) is 0 Å². The Morgan fingerprint density at radius 2 is 2.19 bits per heavy atom. The molecular weight excluding hydrogens is 289 g/mol. The van der Waals surface area contributed by atoms with Gasteiger partial charge in [0.2, 0.25) is 11.8 Å². The molecule has 1 unspecified atom stereocenters. The van der Waals surface area contributed by atoms with Crippen LogP contribution < -0.4 is 5.32 Å². The highest BCUT2D eigenvalue weighted by molar-refractivity contribution is 5.89. The van der Waals surface area contributed by atoms with Crippen LogP contribution in [0.5, 0.6) is 0 Å². The Labute approximate surface area is 121 Å². The zero-order valence-corrected chi connectivity index (χ0v) is 11.8. The van der Waals surface area contributed by atoms with Gasteiger partial charge in [-0.1, -0.05) is 12.2 Å². The number of carbonyl (C=O) groups is 2. The molecule has 0 saturated carbocycles. The third kappa shape index (κ3) is 6.61. The molecule has 1 saturated heterocycles. The van der Waals surface area contributed by atoms with Gasteiger partial charge < -0.3 is 15.0 Å². The van der Waals surface area contributed by atoms with Gasteiger partial charge in [-0.15, -0.1) is 0 Å². The molecule has 21 heavy (non-hydrogen) atoms. The number of likely N-dealkylation sites (tertiary alicyclic amines) is 1. The van der Waals surface area contributed by atoms with E-state index in [1.54, 1.807) is 6.92 Å². The monoisotopic (exact) mass is 308 g/mol. The van der Waals surface area contributed by atoms with Crippen LogP contribution in [0.4, 0.5) is 13.2 Å². The fourth-order valence-electron chi connectivity index (χ4n) is 1.95. The van der Waals surface area contributed by atoms with Gasteiger partial charge in [0, 0.05) is 19.5 Å². The van der Waals surface area contributed by atoms with Gasteiger partial charge in [0.05, 0.1) is 19.1 Å². The second kappa shape index (κ2) is 7.44. The Morgan fingerprint density at radius 1 is 1.52 bits per heavy atom. The minimum absolute atomic E-state index is 0.186. The quantitative estimate of drug-likeness (QED) is 0.566. The maximum atomic E-state index is 12.2. The molecule has 5 nitrogen and oxygen atoms in total. The zero-order valence-electron chi connectivity index (χ0n) is 11.8. The number of amides is 2. The minimum atomic E-state index is -4.45. The van der Waals surface area contributed by atoms with Gasteiger partial charge in [-0.05, 0) is 6.92 Å². The van der Waals surface area contributed by atoms with Crippen molar-refractivity contribution in [2.45, 2.75) is 19.5 Å². The Balaban J connectivity index is 2.30. The molecule has 0 bridgehead atoms. The lowest BCUT2D eigenvalue weighted by Gasteiger charge is -2.18. The van der Waals surface area contributed by atoms with Crippen molar-refractivity contribution in [2.24, 2.45) is 5.92 Å². The number of hydrogen-bond donors (Lipinski definition) is 1. The van der Waals surface area contributed by atoms with Gasteiger partial charge in [-0.25, -0.2) is 0 Å². The van der Waals surface area contributed by atoms with Crippen molar-refractivity contribution in [3.63, 3.8) is 0 Å². The molecule has 1 aliphatic heterocycles. The van der Waals surface area contributed by atoms with Crippen LogP contribution in [-0.4, -0.2) is 55.7 Å². The topological polar surface area (TPSA) is 58.6 Å². The highest BCUT2D eigenvalue weighted by Gasteiger charge is 2.40. The SMILES string of the molecule is C=C(C)COCCNC(=O)C1CC(=O)N(CC(F)(F)F)C1. The van der Waals surface area contributed by atoms with E-state index in [1.165, 1.54) is 0 Å². The first-order chi connectivity index (χ1) is 9.69. The number of hydrogen-bond acceptors (Lipinski definition) is 3. The van der Waals surface area contributed by atoms with E-state index >= 15 is 0 Å². The van der Waals surface area contributed by atoms with E-state index in [2.05, 4.69) is 11.9 Å². The number of alkyl halides is 3. The molecule has 8 heteroatoms. The van der Waals surface area contributed by atoms with E-state index in [0.717, 1.165) is 5.57 Å². The molecule has 1 aliphatic rings. The van der Waals surface area contributed by atoms with Gasteiger partial charge in [-0.2, -0.15) is 13.2 Å². The molecule has 120 valence electrons. The van der Waals surface area contributed by atoms with Crippen molar-refractivity contribution < 1.29 is 27.5 Å². The average molecular weight is 308 g/mol. The predicted molar refractivity (Wildman–Crippen MR) is 69.4 cm³/mol. The second-order valence-electron chi connectivity index (χ2n) is 5.09. The first kappa shape index (κ1) is 17.5. The van der Waals surface area contributed by atoms with Gasteiger partial charge >= 0.3 is 6.18 Å².